The van der Waals surface area contributed by atoms with Crippen molar-refractivity contribution in [1.82, 2.24) is 0 Å². The van der Waals surface area contributed by atoms with E-state index in [4.69, 9.17) is 4.74 Å². The lowest BCUT2D eigenvalue weighted by Gasteiger charge is -2.12. The fourth-order valence-corrected chi connectivity index (χ4v) is 3.21. The molecule has 3 aromatic carbocycles. The second kappa shape index (κ2) is 8.19. The standard InChI is InChI=1S/C24H22N2O3/c1-16-9-5-6-12-20(16)25-23(27)18-15-19(18)24(28)26-21-13-7-8-14-22(21)29-17-10-3-2-4-11-17/h2-14,18-19H,15H2,1H3,(H,25,27)(H,26,28). The van der Waals surface area contributed by atoms with Gasteiger partial charge in [0, 0.05) is 5.69 Å². The Labute approximate surface area is 169 Å². The van der Waals surface area contributed by atoms with Gasteiger partial charge in [-0.05, 0) is 49.2 Å². The first-order chi connectivity index (χ1) is 14.1. The molecule has 0 bridgehead atoms. The van der Waals surface area contributed by atoms with Gasteiger partial charge in [0.15, 0.2) is 5.75 Å². The SMILES string of the molecule is Cc1ccccc1NC(=O)C1CC1C(=O)Nc1ccccc1Oc1ccccc1. The summed E-state index contributed by atoms with van der Waals surface area (Å²) in [5.74, 6) is 0.331. The molecule has 1 fully saturated rings. The number of nitrogens with one attached hydrogen (secondary N) is 2. The number of amides is 2. The van der Waals surface area contributed by atoms with Gasteiger partial charge in [0.1, 0.15) is 5.75 Å². The fraction of sp³-hybridized carbons (Fsp3) is 0.167. The minimum absolute atomic E-state index is 0.117. The van der Waals surface area contributed by atoms with Gasteiger partial charge in [0.05, 0.1) is 17.5 Å². The topological polar surface area (TPSA) is 67.4 Å². The maximum Gasteiger partial charge on any atom is 0.228 e. The van der Waals surface area contributed by atoms with Crippen LogP contribution < -0.4 is 15.4 Å². The molecule has 5 nitrogen and oxygen atoms in total. The van der Waals surface area contributed by atoms with Crippen LogP contribution in [0.25, 0.3) is 0 Å². The average Bonchev–Trinajstić information content (AvgIpc) is 3.53. The van der Waals surface area contributed by atoms with Crippen molar-refractivity contribution in [2.75, 3.05) is 10.6 Å². The molecule has 2 amide bonds. The molecular weight excluding hydrogens is 364 g/mol. The lowest BCUT2D eigenvalue weighted by molar-refractivity contribution is -0.122. The molecule has 2 unspecified atom stereocenters. The van der Waals surface area contributed by atoms with Gasteiger partial charge >= 0.3 is 0 Å². The molecule has 1 aliphatic rings. The number of aryl methyl sites for hydroxylation is 1. The quantitative estimate of drug-likeness (QED) is 0.626. The zero-order valence-electron chi connectivity index (χ0n) is 16.1. The first-order valence-electron chi connectivity index (χ1n) is 9.61. The zero-order chi connectivity index (χ0) is 20.2. The number of benzene rings is 3. The summed E-state index contributed by atoms with van der Waals surface area (Å²) >= 11 is 0. The molecular formula is C24H22N2O3. The molecule has 5 heteroatoms. The monoisotopic (exact) mass is 386 g/mol. The highest BCUT2D eigenvalue weighted by Gasteiger charge is 2.48. The number of carbonyl (C=O) groups excluding carboxylic acids is 2. The van der Waals surface area contributed by atoms with Crippen molar-refractivity contribution in [2.45, 2.75) is 13.3 Å². The highest BCUT2D eigenvalue weighted by atomic mass is 16.5. The summed E-state index contributed by atoms with van der Waals surface area (Å²) in [4.78, 5) is 25.2. The lowest BCUT2D eigenvalue weighted by Crippen LogP contribution is -2.21. The van der Waals surface area contributed by atoms with Crippen LogP contribution in [0.1, 0.15) is 12.0 Å². The molecule has 2 atom stereocenters. The Kier molecular flexibility index (Phi) is 5.29. The normalized spacial score (nSPS) is 17.3. The number of hydrogen-bond acceptors (Lipinski definition) is 3. The van der Waals surface area contributed by atoms with E-state index in [0.29, 0.717) is 23.6 Å². The molecule has 3 aromatic rings. The highest BCUT2D eigenvalue weighted by Crippen LogP contribution is 2.41. The van der Waals surface area contributed by atoms with Crippen molar-refractivity contribution in [2.24, 2.45) is 11.8 Å². The zero-order valence-corrected chi connectivity index (χ0v) is 16.1. The van der Waals surface area contributed by atoms with Crippen molar-refractivity contribution in [3.63, 3.8) is 0 Å². The highest BCUT2D eigenvalue weighted by molar-refractivity contribution is 6.03. The third-order valence-electron chi connectivity index (χ3n) is 4.98. The van der Waals surface area contributed by atoms with Crippen LogP contribution in [0, 0.1) is 18.8 Å². The van der Waals surface area contributed by atoms with Crippen LogP contribution in [-0.2, 0) is 9.59 Å². The number of hydrogen-bond donors (Lipinski definition) is 2. The van der Waals surface area contributed by atoms with Crippen molar-refractivity contribution in [3.05, 3.63) is 84.4 Å². The fourth-order valence-electron chi connectivity index (χ4n) is 3.21. The second-order valence-corrected chi connectivity index (χ2v) is 7.15. The molecule has 1 saturated carbocycles. The third-order valence-corrected chi connectivity index (χ3v) is 4.98. The molecule has 0 saturated heterocycles. The van der Waals surface area contributed by atoms with Gasteiger partial charge in [0.25, 0.3) is 0 Å². The van der Waals surface area contributed by atoms with Crippen molar-refractivity contribution in [3.8, 4) is 11.5 Å². The molecule has 2 N–H and O–H groups in total. The molecule has 1 aliphatic carbocycles. The van der Waals surface area contributed by atoms with Crippen LogP contribution in [0.3, 0.4) is 0 Å². The van der Waals surface area contributed by atoms with Crippen LogP contribution in [0.4, 0.5) is 11.4 Å². The number of anilines is 2. The third kappa shape index (κ3) is 4.46. The van der Waals surface area contributed by atoms with Crippen LogP contribution in [-0.4, -0.2) is 11.8 Å². The Hall–Kier alpha value is -3.60. The number of rotatable bonds is 6. The van der Waals surface area contributed by atoms with E-state index in [2.05, 4.69) is 10.6 Å². The van der Waals surface area contributed by atoms with E-state index in [1.807, 2.05) is 73.7 Å². The summed E-state index contributed by atoms with van der Waals surface area (Å²) in [6.45, 7) is 1.94. The summed E-state index contributed by atoms with van der Waals surface area (Å²) in [5.41, 5.74) is 2.37. The summed E-state index contributed by atoms with van der Waals surface area (Å²) < 4.78 is 5.88. The van der Waals surface area contributed by atoms with Crippen molar-refractivity contribution in [1.29, 1.82) is 0 Å². The Morgan fingerprint density at radius 1 is 0.759 bits per heavy atom. The van der Waals surface area contributed by atoms with Crippen molar-refractivity contribution < 1.29 is 14.3 Å². The van der Waals surface area contributed by atoms with E-state index in [1.54, 1.807) is 12.1 Å². The first-order valence-corrected chi connectivity index (χ1v) is 9.61. The van der Waals surface area contributed by atoms with E-state index < -0.39 is 0 Å². The Balaban J connectivity index is 1.38. The summed E-state index contributed by atoms with van der Waals surface area (Å²) in [6.07, 6.45) is 0.547. The maximum atomic E-state index is 12.7. The molecule has 0 aromatic heterocycles. The average molecular weight is 386 g/mol. The van der Waals surface area contributed by atoms with E-state index in [0.717, 1.165) is 11.3 Å². The molecule has 29 heavy (non-hydrogen) atoms. The number of carbonyl (C=O) groups is 2. The largest absolute Gasteiger partial charge is 0.455 e. The van der Waals surface area contributed by atoms with E-state index in [-0.39, 0.29) is 23.7 Å². The van der Waals surface area contributed by atoms with Crippen molar-refractivity contribution >= 4 is 23.2 Å². The Morgan fingerprint density at radius 2 is 1.31 bits per heavy atom. The maximum absolute atomic E-state index is 12.7. The summed E-state index contributed by atoms with van der Waals surface area (Å²) in [7, 11) is 0. The second-order valence-electron chi connectivity index (χ2n) is 7.15. The van der Waals surface area contributed by atoms with Gasteiger partial charge in [-0.2, -0.15) is 0 Å². The number of para-hydroxylation sites is 4. The minimum atomic E-state index is -0.330. The lowest BCUT2D eigenvalue weighted by atomic mass is 10.2. The van der Waals surface area contributed by atoms with Gasteiger partial charge in [-0.1, -0.05) is 48.5 Å². The van der Waals surface area contributed by atoms with Gasteiger partial charge in [-0.15, -0.1) is 0 Å². The minimum Gasteiger partial charge on any atom is -0.455 e. The number of ether oxygens (including phenoxy) is 1. The van der Waals surface area contributed by atoms with E-state index >= 15 is 0 Å². The summed E-state index contributed by atoms with van der Waals surface area (Å²) in [6, 6.07) is 24.3. The predicted octanol–water partition coefficient (Wildman–Crippen LogP) is 5.00. The molecule has 0 spiro atoms. The molecule has 146 valence electrons. The molecule has 0 heterocycles. The van der Waals surface area contributed by atoms with Gasteiger partial charge in [-0.25, -0.2) is 0 Å². The van der Waals surface area contributed by atoms with Crippen LogP contribution in [0.2, 0.25) is 0 Å². The van der Waals surface area contributed by atoms with E-state index in [1.165, 1.54) is 0 Å². The van der Waals surface area contributed by atoms with Gasteiger partial charge in [0.2, 0.25) is 11.8 Å². The molecule has 0 radical (unpaired) electrons. The van der Waals surface area contributed by atoms with Gasteiger partial charge in [-0.3, -0.25) is 9.59 Å². The molecule has 0 aliphatic heterocycles. The van der Waals surface area contributed by atoms with E-state index in [9.17, 15) is 9.59 Å². The van der Waals surface area contributed by atoms with Crippen LogP contribution in [0.5, 0.6) is 11.5 Å². The first kappa shape index (κ1) is 18.7. The Morgan fingerprint density at radius 3 is 2.00 bits per heavy atom. The predicted molar refractivity (Wildman–Crippen MR) is 113 cm³/mol. The summed E-state index contributed by atoms with van der Waals surface area (Å²) in [5, 5.41) is 5.83. The molecule has 4 rings (SSSR count). The van der Waals surface area contributed by atoms with Crippen LogP contribution >= 0.6 is 0 Å². The smallest absolute Gasteiger partial charge is 0.228 e. The van der Waals surface area contributed by atoms with Gasteiger partial charge < -0.3 is 15.4 Å². The Bertz CT molecular complexity index is 1030. The van der Waals surface area contributed by atoms with Crippen LogP contribution in [0.15, 0.2) is 78.9 Å².